The lowest BCUT2D eigenvalue weighted by atomic mass is 10.2. The predicted octanol–water partition coefficient (Wildman–Crippen LogP) is 2.11. The van der Waals surface area contributed by atoms with Crippen LogP contribution in [0.1, 0.15) is 13.8 Å². The molecule has 0 aliphatic rings. The lowest BCUT2D eigenvalue weighted by Gasteiger charge is -2.09. The number of nitrogens with zero attached hydrogens (tertiary/aromatic N) is 2. The molecule has 0 spiro atoms. The van der Waals surface area contributed by atoms with Crippen LogP contribution in [-0.4, -0.2) is 16.2 Å². The summed E-state index contributed by atoms with van der Waals surface area (Å²) in [6.45, 7) is 3.96. The quantitative estimate of drug-likeness (QED) is 0.855. The molecule has 0 saturated heterocycles. The molecule has 0 fully saturated rings. The molecule has 5 heteroatoms. The van der Waals surface area contributed by atoms with Crippen molar-refractivity contribution in [1.82, 2.24) is 10.1 Å². The van der Waals surface area contributed by atoms with Gasteiger partial charge in [0.05, 0.1) is 6.10 Å². The number of hydrogen-bond acceptors (Lipinski definition) is 5. The van der Waals surface area contributed by atoms with Crippen LogP contribution in [-0.2, 0) is 0 Å². The summed E-state index contributed by atoms with van der Waals surface area (Å²) < 4.78 is 10.2. The van der Waals surface area contributed by atoms with Crippen molar-refractivity contribution in [2.45, 2.75) is 20.0 Å². The number of nitrogens with two attached hydrogens (primary N) is 1. The normalized spacial score (nSPS) is 10.7. The number of anilines is 1. The summed E-state index contributed by atoms with van der Waals surface area (Å²) in [5.74, 6) is 1.30. The SMILES string of the molecule is CC(C)Oc1ccc(-c2noc(N)n2)cc1. The Kier molecular flexibility index (Phi) is 2.76. The van der Waals surface area contributed by atoms with E-state index in [-0.39, 0.29) is 12.1 Å². The van der Waals surface area contributed by atoms with Gasteiger partial charge in [-0.25, -0.2) is 0 Å². The molecule has 84 valence electrons. The van der Waals surface area contributed by atoms with Crippen LogP contribution < -0.4 is 10.5 Å². The highest BCUT2D eigenvalue weighted by molar-refractivity contribution is 5.56. The minimum Gasteiger partial charge on any atom is -0.491 e. The Bertz CT molecular complexity index is 462. The van der Waals surface area contributed by atoms with E-state index in [1.807, 2.05) is 38.1 Å². The average Bonchev–Trinajstić information content (AvgIpc) is 2.65. The maximum Gasteiger partial charge on any atom is 0.319 e. The third-order valence-electron chi connectivity index (χ3n) is 1.93. The van der Waals surface area contributed by atoms with Crippen molar-refractivity contribution in [3.05, 3.63) is 24.3 Å². The van der Waals surface area contributed by atoms with Crippen LogP contribution in [0.2, 0.25) is 0 Å². The number of benzene rings is 1. The summed E-state index contributed by atoms with van der Waals surface area (Å²) in [6, 6.07) is 7.52. The van der Waals surface area contributed by atoms with Crippen LogP contribution >= 0.6 is 0 Å². The second-order valence-corrected chi connectivity index (χ2v) is 3.65. The van der Waals surface area contributed by atoms with Crippen molar-refractivity contribution < 1.29 is 9.26 Å². The predicted molar refractivity (Wildman–Crippen MR) is 59.9 cm³/mol. The topological polar surface area (TPSA) is 74.2 Å². The van der Waals surface area contributed by atoms with Gasteiger partial charge in [0, 0.05) is 5.56 Å². The Morgan fingerprint density at radius 1 is 1.25 bits per heavy atom. The molecular weight excluding hydrogens is 206 g/mol. The van der Waals surface area contributed by atoms with E-state index in [0.29, 0.717) is 5.82 Å². The van der Waals surface area contributed by atoms with E-state index in [1.54, 1.807) is 0 Å². The van der Waals surface area contributed by atoms with E-state index in [2.05, 4.69) is 10.1 Å². The van der Waals surface area contributed by atoms with E-state index in [1.165, 1.54) is 0 Å². The standard InChI is InChI=1S/C11H13N3O2/c1-7(2)15-9-5-3-8(4-6-9)10-13-11(12)16-14-10/h3-7H,1-2H3,(H2,12,13,14). The number of aromatic nitrogens is 2. The van der Waals surface area contributed by atoms with E-state index in [4.69, 9.17) is 15.0 Å². The molecule has 2 rings (SSSR count). The van der Waals surface area contributed by atoms with Crippen molar-refractivity contribution >= 4 is 6.01 Å². The molecule has 0 aliphatic carbocycles. The average molecular weight is 219 g/mol. The third-order valence-corrected chi connectivity index (χ3v) is 1.93. The fourth-order valence-corrected chi connectivity index (χ4v) is 1.31. The van der Waals surface area contributed by atoms with Crippen molar-refractivity contribution in [3.8, 4) is 17.1 Å². The fraction of sp³-hybridized carbons (Fsp3) is 0.273. The van der Waals surface area contributed by atoms with Gasteiger partial charge in [-0.2, -0.15) is 4.98 Å². The first-order chi connectivity index (χ1) is 7.65. The molecule has 0 saturated carbocycles. The van der Waals surface area contributed by atoms with Gasteiger partial charge in [-0.15, -0.1) is 0 Å². The summed E-state index contributed by atoms with van der Waals surface area (Å²) in [5.41, 5.74) is 6.19. The minimum atomic E-state index is 0.0671. The number of ether oxygens (including phenoxy) is 1. The number of hydrogen-bond donors (Lipinski definition) is 1. The molecule has 16 heavy (non-hydrogen) atoms. The van der Waals surface area contributed by atoms with Crippen molar-refractivity contribution in [3.63, 3.8) is 0 Å². The molecule has 1 aromatic heterocycles. The lowest BCUT2D eigenvalue weighted by Crippen LogP contribution is -2.05. The molecule has 0 amide bonds. The summed E-state index contributed by atoms with van der Waals surface area (Å²) in [6.07, 6.45) is 0.159. The third kappa shape index (κ3) is 2.31. The molecule has 5 nitrogen and oxygen atoms in total. The van der Waals surface area contributed by atoms with Gasteiger partial charge in [0.1, 0.15) is 5.75 Å². The first-order valence-electron chi connectivity index (χ1n) is 5.01. The molecule has 0 radical (unpaired) electrons. The number of rotatable bonds is 3. The maximum absolute atomic E-state index is 5.52. The molecule has 2 aromatic rings. The van der Waals surface area contributed by atoms with Crippen molar-refractivity contribution in [1.29, 1.82) is 0 Å². The van der Waals surface area contributed by atoms with Crippen LogP contribution in [0.15, 0.2) is 28.8 Å². The van der Waals surface area contributed by atoms with Gasteiger partial charge < -0.3 is 15.0 Å². The van der Waals surface area contributed by atoms with Gasteiger partial charge in [-0.1, -0.05) is 5.16 Å². The van der Waals surface area contributed by atoms with Gasteiger partial charge in [0.2, 0.25) is 5.82 Å². The highest BCUT2D eigenvalue weighted by Crippen LogP contribution is 2.20. The largest absolute Gasteiger partial charge is 0.491 e. The zero-order valence-corrected chi connectivity index (χ0v) is 9.18. The molecule has 1 aromatic carbocycles. The molecular formula is C11H13N3O2. The lowest BCUT2D eigenvalue weighted by molar-refractivity contribution is 0.242. The Morgan fingerprint density at radius 3 is 2.44 bits per heavy atom. The van der Waals surface area contributed by atoms with E-state index in [0.717, 1.165) is 11.3 Å². The zero-order valence-electron chi connectivity index (χ0n) is 9.18. The van der Waals surface area contributed by atoms with Crippen LogP contribution in [0.4, 0.5) is 6.01 Å². The van der Waals surface area contributed by atoms with E-state index < -0.39 is 0 Å². The number of nitrogen functional groups attached to an aromatic ring is 1. The van der Waals surface area contributed by atoms with Gasteiger partial charge in [-0.3, -0.25) is 0 Å². The highest BCUT2D eigenvalue weighted by atomic mass is 16.5. The zero-order chi connectivity index (χ0) is 11.5. The smallest absolute Gasteiger partial charge is 0.319 e. The highest BCUT2D eigenvalue weighted by Gasteiger charge is 2.06. The fourth-order valence-electron chi connectivity index (χ4n) is 1.31. The molecule has 0 aliphatic heterocycles. The molecule has 2 N–H and O–H groups in total. The van der Waals surface area contributed by atoms with Crippen LogP contribution in [0.25, 0.3) is 11.4 Å². The molecule has 0 bridgehead atoms. The monoisotopic (exact) mass is 219 g/mol. The second kappa shape index (κ2) is 4.22. The van der Waals surface area contributed by atoms with Gasteiger partial charge in [0.25, 0.3) is 0 Å². The first kappa shape index (κ1) is 10.5. The Balaban J connectivity index is 2.19. The Morgan fingerprint density at radius 2 is 1.94 bits per heavy atom. The maximum atomic E-state index is 5.52. The van der Waals surface area contributed by atoms with Crippen LogP contribution in [0, 0.1) is 0 Å². The summed E-state index contributed by atoms with van der Waals surface area (Å²) in [7, 11) is 0. The second-order valence-electron chi connectivity index (χ2n) is 3.65. The summed E-state index contributed by atoms with van der Waals surface area (Å²) in [5, 5.41) is 3.72. The van der Waals surface area contributed by atoms with Crippen LogP contribution in [0.5, 0.6) is 5.75 Å². The Hall–Kier alpha value is -2.04. The molecule has 1 heterocycles. The van der Waals surface area contributed by atoms with Crippen molar-refractivity contribution in [2.75, 3.05) is 5.73 Å². The van der Waals surface area contributed by atoms with Gasteiger partial charge in [0.15, 0.2) is 0 Å². The van der Waals surface area contributed by atoms with E-state index in [9.17, 15) is 0 Å². The summed E-state index contributed by atoms with van der Waals surface area (Å²) >= 11 is 0. The first-order valence-corrected chi connectivity index (χ1v) is 5.01. The van der Waals surface area contributed by atoms with E-state index >= 15 is 0 Å². The van der Waals surface area contributed by atoms with Gasteiger partial charge in [-0.05, 0) is 38.1 Å². The molecule has 0 atom stereocenters. The van der Waals surface area contributed by atoms with Crippen molar-refractivity contribution in [2.24, 2.45) is 0 Å². The minimum absolute atomic E-state index is 0.0671. The molecule has 0 unspecified atom stereocenters. The Labute approximate surface area is 93.2 Å². The van der Waals surface area contributed by atoms with Gasteiger partial charge >= 0.3 is 6.01 Å². The van der Waals surface area contributed by atoms with Crippen LogP contribution in [0.3, 0.4) is 0 Å². The summed E-state index contributed by atoms with van der Waals surface area (Å²) in [4.78, 5) is 3.93.